The molecular formula is C28H24BrNO5. The van der Waals surface area contributed by atoms with Gasteiger partial charge < -0.3 is 9.84 Å². The number of ether oxygens (including phenoxy) is 1. The van der Waals surface area contributed by atoms with E-state index in [1.165, 1.54) is 12.0 Å². The second-order valence-corrected chi connectivity index (χ2v) is 9.26. The Morgan fingerprint density at radius 2 is 1.69 bits per heavy atom. The van der Waals surface area contributed by atoms with Crippen molar-refractivity contribution in [1.29, 1.82) is 0 Å². The number of esters is 1. The van der Waals surface area contributed by atoms with Crippen molar-refractivity contribution in [3.05, 3.63) is 105 Å². The Morgan fingerprint density at radius 1 is 1.00 bits per heavy atom. The molecule has 4 rings (SSSR count). The lowest BCUT2D eigenvalue weighted by Gasteiger charge is -2.27. The number of Topliss-reactive ketones (excluding diaryl/α,β-unsaturated/α-hetero) is 1. The Balaban J connectivity index is 1.88. The van der Waals surface area contributed by atoms with Gasteiger partial charge in [-0.25, -0.2) is 0 Å². The van der Waals surface area contributed by atoms with Gasteiger partial charge >= 0.3 is 5.97 Å². The van der Waals surface area contributed by atoms with E-state index in [1.807, 2.05) is 38.1 Å². The number of aryl methyl sites for hydroxylation is 2. The number of methoxy groups -OCH3 is 1. The third kappa shape index (κ3) is 4.64. The van der Waals surface area contributed by atoms with E-state index in [2.05, 4.69) is 15.9 Å². The third-order valence-electron chi connectivity index (χ3n) is 6.15. The summed E-state index contributed by atoms with van der Waals surface area (Å²) in [7, 11) is 1.32. The molecule has 1 aliphatic rings. The Hall–Kier alpha value is -3.71. The summed E-state index contributed by atoms with van der Waals surface area (Å²) in [5.41, 5.74) is 4.19. The van der Waals surface area contributed by atoms with Crippen LogP contribution < -0.4 is 4.90 Å². The predicted octanol–water partition coefficient (Wildman–Crippen LogP) is 5.41. The monoisotopic (exact) mass is 533 g/mol. The molecule has 0 saturated carbocycles. The number of amides is 1. The first kappa shape index (κ1) is 24.4. The largest absolute Gasteiger partial charge is 0.507 e. The van der Waals surface area contributed by atoms with Gasteiger partial charge in [0.2, 0.25) is 0 Å². The first-order valence-corrected chi connectivity index (χ1v) is 11.8. The van der Waals surface area contributed by atoms with Crippen LogP contribution in [0.1, 0.15) is 33.9 Å². The van der Waals surface area contributed by atoms with Crippen molar-refractivity contribution in [2.75, 3.05) is 12.0 Å². The molecule has 7 heteroatoms. The lowest BCUT2D eigenvalue weighted by atomic mass is 9.92. The summed E-state index contributed by atoms with van der Waals surface area (Å²) < 4.78 is 5.59. The normalized spacial score (nSPS) is 17.0. The van der Waals surface area contributed by atoms with Gasteiger partial charge in [-0.2, -0.15) is 0 Å². The minimum atomic E-state index is -0.813. The number of carbonyl (C=O) groups is 3. The van der Waals surface area contributed by atoms with Crippen LogP contribution in [0.3, 0.4) is 0 Å². The van der Waals surface area contributed by atoms with Crippen LogP contribution in [0.15, 0.2) is 76.8 Å². The summed E-state index contributed by atoms with van der Waals surface area (Å²) in [4.78, 5) is 39.7. The van der Waals surface area contributed by atoms with Crippen molar-refractivity contribution in [2.45, 2.75) is 26.3 Å². The molecule has 0 bridgehead atoms. The van der Waals surface area contributed by atoms with E-state index in [-0.39, 0.29) is 23.7 Å². The summed E-state index contributed by atoms with van der Waals surface area (Å²) in [5, 5.41) is 11.3. The van der Waals surface area contributed by atoms with E-state index in [0.29, 0.717) is 11.3 Å². The standard InChI is InChI=1S/C28H24BrNO5/c1-16-6-4-5-7-21(16)25-24(26(32)19-10-13-22(29)17(2)14-19)27(33)28(34)30(25)20-11-8-18(9-12-20)15-23(31)35-3/h4-14,25,32H,15H2,1-3H3/b26-24+. The lowest BCUT2D eigenvalue weighted by molar-refractivity contribution is -0.139. The summed E-state index contributed by atoms with van der Waals surface area (Å²) in [6, 6.07) is 18.8. The molecule has 1 aliphatic heterocycles. The fraction of sp³-hybridized carbons (Fsp3) is 0.179. The van der Waals surface area contributed by atoms with Crippen LogP contribution in [-0.2, 0) is 25.5 Å². The number of nitrogens with zero attached hydrogens (tertiary/aromatic N) is 1. The first-order valence-electron chi connectivity index (χ1n) is 11.0. The molecule has 1 amide bonds. The van der Waals surface area contributed by atoms with E-state index in [4.69, 9.17) is 4.74 Å². The molecule has 1 atom stereocenters. The van der Waals surface area contributed by atoms with E-state index >= 15 is 0 Å². The molecule has 0 aromatic heterocycles. The Bertz CT molecular complexity index is 1360. The quantitative estimate of drug-likeness (QED) is 0.205. The lowest BCUT2D eigenvalue weighted by Crippen LogP contribution is -2.29. The van der Waals surface area contributed by atoms with Crippen LogP contribution in [-0.4, -0.2) is 29.9 Å². The van der Waals surface area contributed by atoms with Gasteiger partial charge in [-0.3, -0.25) is 19.3 Å². The molecule has 3 aromatic rings. The van der Waals surface area contributed by atoms with Crippen LogP contribution >= 0.6 is 15.9 Å². The summed E-state index contributed by atoms with van der Waals surface area (Å²) in [6.07, 6.45) is 0.0970. The fourth-order valence-electron chi connectivity index (χ4n) is 4.25. The number of halogens is 1. The molecule has 1 fully saturated rings. The van der Waals surface area contributed by atoms with Crippen LogP contribution in [0, 0.1) is 13.8 Å². The zero-order valence-electron chi connectivity index (χ0n) is 19.5. The number of rotatable bonds is 5. The molecule has 0 spiro atoms. The van der Waals surface area contributed by atoms with Crippen molar-refractivity contribution in [3.63, 3.8) is 0 Å². The van der Waals surface area contributed by atoms with Crippen LogP contribution in [0.5, 0.6) is 0 Å². The molecule has 35 heavy (non-hydrogen) atoms. The molecule has 3 aromatic carbocycles. The molecule has 1 unspecified atom stereocenters. The molecule has 1 N–H and O–H groups in total. The Labute approximate surface area is 212 Å². The number of benzene rings is 3. The van der Waals surface area contributed by atoms with Crippen molar-refractivity contribution >= 4 is 45.0 Å². The average Bonchev–Trinajstić information content (AvgIpc) is 3.11. The van der Waals surface area contributed by atoms with Crippen molar-refractivity contribution < 1.29 is 24.2 Å². The van der Waals surface area contributed by atoms with Crippen molar-refractivity contribution in [1.82, 2.24) is 0 Å². The van der Waals surface area contributed by atoms with Gasteiger partial charge in [0.1, 0.15) is 5.76 Å². The number of hydrogen-bond donors (Lipinski definition) is 1. The fourth-order valence-corrected chi connectivity index (χ4v) is 4.49. The highest BCUT2D eigenvalue weighted by Crippen LogP contribution is 2.43. The highest BCUT2D eigenvalue weighted by molar-refractivity contribution is 9.10. The number of aliphatic hydroxyl groups is 1. The molecule has 0 radical (unpaired) electrons. The summed E-state index contributed by atoms with van der Waals surface area (Å²) >= 11 is 3.45. The van der Waals surface area contributed by atoms with E-state index in [9.17, 15) is 19.5 Å². The molecule has 1 saturated heterocycles. The molecule has 6 nitrogen and oxygen atoms in total. The molecular weight excluding hydrogens is 510 g/mol. The topological polar surface area (TPSA) is 83.9 Å². The van der Waals surface area contributed by atoms with Crippen molar-refractivity contribution in [3.8, 4) is 0 Å². The first-order chi connectivity index (χ1) is 16.7. The maximum Gasteiger partial charge on any atom is 0.309 e. The van der Waals surface area contributed by atoms with Crippen LogP contribution in [0.25, 0.3) is 5.76 Å². The Morgan fingerprint density at radius 3 is 2.31 bits per heavy atom. The number of aliphatic hydroxyl groups excluding tert-OH is 1. The van der Waals surface area contributed by atoms with E-state index < -0.39 is 17.7 Å². The summed E-state index contributed by atoms with van der Waals surface area (Å²) in [5.74, 6) is -2.08. The number of carbonyl (C=O) groups excluding carboxylic acids is 3. The maximum atomic E-state index is 13.3. The van der Waals surface area contributed by atoms with E-state index in [0.717, 1.165) is 26.7 Å². The van der Waals surface area contributed by atoms with Gasteiger partial charge in [0.25, 0.3) is 11.7 Å². The zero-order valence-corrected chi connectivity index (χ0v) is 21.1. The summed E-state index contributed by atoms with van der Waals surface area (Å²) in [6.45, 7) is 3.78. The number of hydrogen-bond acceptors (Lipinski definition) is 5. The highest BCUT2D eigenvalue weighted by atomic mass is 79.9. The molecule has 1 heterocycles. The van der Waals surface area contributed by atoms with Crippen LogP contribution in [0.4, 0.5) is 5.69 Å². The number of ketones is 1. The second-order valence-electron chi connectivity index (χ2n) is 8.41. The maximum absolute atomic E-state index is 13.3. The van der Waals surface area contributed by atoms with Gasteiger partial charge in [0, 0.05) is 15.7 Å². The third-order valence-corrected chi connectivity index (χ3v) is 7.04. The smallest absolute Gasteiger partial charge is 0.309 e. The minimum absolute atomic E-state index is 0.0321. The minimum Gasteiger partial charge on any atom is -0.507 e. The van der Waals surface area contributed by atoms with Gasteiger partial charge in [-0.15, -0.1) is 0 Å². The average molecular weight is 534 g/mol. The van der Waals surface area contributed by atoms with Crippen LogP contribution in [0.2, 0.25) is 0 Å². The van der Waals surface area contributed by atoms with Gasteiger partial charge in [0.05, 0.1) is 25.1 Å². The van der Waals surface area contributed by atoms with Crippen molar-refractivity contribution in [2.24, 2.45) is 0 Å². The van der Waals surface area contributed by atoms with Gasteiger partial charge in [-0.05, 0) is 60.4 Å². The highest BCUT2D eigenvalue weighted by Gasteiger charge is 2.47. The van der Waals surface area contributed by atoms with Gasteiger partial charge in [0.15, 0.2) is 0 Å². The zero-order chi connectivity index (χ0) is 25.3. The van der Waals surface area contributed by atoms with Gasteiger partial charge in [-0.1, -0.05) is 58.4 Å². The Kier molecular flexibility index (Phi) is 6.89. The predicted molar refractivity (Wildman–Crippen MR) is 137 cm³/mol. The molecule has 178 valence electrons. The number of anilines is 1. The molecule has 0 aliphatic carbocycles. The SMILES string of the molecule is COC(=O)Cc1ccc(N2C(=O)C(=O)/C(=C(/O)c3ccc(Br)c(C)c3)C2c2ccccc2C)cc1. The second kappa shape index (κ2) is 9.88. The van der Waals surface area contributed by atoms with E-state index in [1.54, 1.807) is 42.5 Å².